The molecule has 1 aliphatic carbocycles. The maximum atomic E-state index is 15.0. The quantitative estimate of drug-likeness (QED) is 0.621. The molecule has 0 spiro atoms. The van der Waals surface area contributed by atoms with Crippen LogP contribution in [-0.2, 0) is 14.4 Å². The summed E-state index contributed by atoms with van der Waals surface area (Å²) in [6.07, 6.45) is 0.673. The van der Waals surface area contributed by atoms with E-state index in [1.54, 1.807) is 30.3 Å². The molecule has 3 fully saturated rings. The Balaban J connectivity index is 1.27. The number of halogens is 2. The number of hydrogen-bond donors (Lipinski definition) is 2. The summed E-state index contributed by atoms with van der Waals surface area (Å²) in [4.78, 5) is 37.1. The molecular weight excluding hydrogens is 482 g/mol. The summed E-state index contributed by atoms with van der Waals surface area (Å²) < 4.78 is 35.6. The highest BCUT2D eigenvalue weighted by molar-refractivity contribution is 5.94. The van der Waals surface area contributed by atoms with E-state index in [0.717, 1.165) is 23.3 Å². The molecule has 2 N–H and O–H groups in total. The number of alkyl halides is 2. The number of amides is 3. The Morgan fingerprint density at radius 2 is 1.89 bits per heavy atom. The predicted molar refractivity (Wildman–Crippen MR) is 130 cm³/mol. The van der Waals surface area contributed by atoms with Crippen molar-refractivity contribution < 1.29 is 27.9 Å². The molecule has 2 aromatic rings. The van der Waals surface area contributed by atoms with Crippen LogP contribution in [0.15, 0.2) is 42.5 Å². The van der Waals surface area contributed by atoms with Crippen molar-refractivity contribution in [1.82, 2.24) is 10.2 Å². The van der Waals surface area contributed by atoms with Gasteiger partial charge in [-0.25, -0.2) is 8.78 Å². The van der Waals surface area contributed by atoms with Gasteiger partial charge >= 0.3 is 5.92 Å². The molecule has 8 nitrogen and oxygen atoms in total. The van der Waals surface area contributed by atoms with E-state index in [2.05, 4.69) is 10.6 Å². The van der Waals surface area contributed by atoms with E-state index >= 15 is 0 Å². The van der Waals surface area contributed by atoms with Crippen LogP contribution in [0.4, 0.5) is 14.5 Å². The number of likely N-dealkylation sites (tertiary alicyclic amines) is 1. The summed E-state index contributed by atoms with van der Waals surface area (Å²) in [5.74, 6) is -4.02. The number of piperidine rings is 1. The van der Waals surface area contributed by atoms with Gasteiger partial charge in [0.25, 0.3) is 0 Å². The molecule has 0 aromatic heterocycles. The van der Waals surface area contributed by atoms with Crippen LogP contribution < -0.4 is 15.4 Å². The Morgan fingerprint density at radius 3 is 2.57 bits per heavy atom. The number of benzene rings is 2. The first-order chi connectivity index (χ1) is 17.7. The van der Waals surface area contributed by atoms with Crippen molar-refractivity contribution in [3.8, 4) is 22.9 Å². The minimum atomic E-state index is -3.34. The lowest BCUT2D eigenvalue weighted by Gasteiger charge is -2.39. The Hall–Kier alpha value is -4.00. The van der Waals surface area contributed by atoms with Crippen LogP contribution in [0.5, 0.6) is 5.75 Å². The summed E-state index contributed by atoms with van der Waals surface area (Å²) in [6.45, 7) is -0.757. The van der Waals surface area contributed by atoms with Gasteiger partial charge < -0.3 is 20.3 Å². The van der Waals surface area contributed by atoms with Crippen molar-refractivity contribution >= 4 is 23.4 Å². The zero-order valence-electron chi connectivity index (χ0n) is 20.0. The summed E-state index contributed by atoms with van der Waals surface area (Å²) in [5, 5.41) is 15.1. The second-order valence-corrected chi connectivity index (χ2v) is 9.74. The van der Waals surface area contributed by atoms with Crippen LogP contribution in [0.3, 0.4) is 0 Å². The smallest absolute Gasteiger partial charge is 0.301 e. The van der Waals surface area contributed by atoms with Crippen LogP contribution in [-0.4, -0.2) is 53.8 Å². The SMILES string of the molecule is N#Cc1cc(-c2cccc(NC(=O)C3CC3)c2)ccc1O[C@H]1CCN(C(=O)[C@@H]2CCC(=O)N2)CC1(F)F. The lowest BCUT2D eigenvalue weighted by Crippen LogP contribution is -2.58. The molecule has 0 unspecified atom stereocenters. The van der Waals surface area contributed by atoms with Crippen molar-refractivity contribution in [2.24, 2.45) is 5.92 Å². The second kappa shape index (κ2) is 9.81. The molecule has 192 valence electrons. The summed E-state index contributed by atoms with van der Waals surface area (Å²) in [6, 6.07) is 13.2. The molecule has 3 aliphatic rings. The fourth-order valence-corrected chi connectivity index (χ4v) is 4.69. The maximum absolute atomic E-state index is 15.0. The number of carbonyl (C=O) groups is 3. The molecule has 2 atom stereocenters. The largest absolute Gasteiger partial charge is 0.483 e. The Kier molecular flexibility index (Phi) is 6.54. The number of nitrogens with zero attached hydrogens (tertiary/aromatic N) is 2. The summed E-state index contributed by atoms with van der Waals surface area (Å²) in [7, 11) is 0. The van der Waals surface area contributed by atoms with Gasteiger partial charge in [-0.05, 0) is 54.7 Å². The Bertz CT molecular complexity index is 1290. The van der Waals surface area contributed by atoms with Gasteiger partial charge in [-0.15, -0.1) is 0 Å². The van der Waals surface area contributed by atoms with Crippen molar-refractivity contribution in [3.05, 3.63) is 48.0 Å². The highest BCUT2D eigenvalue weighted by Gasteiger charge is 2.49. The normalized spacial score (nSPS) is 22.6. The first kappa shape index (κ1) is 24.7. The first-order valence-corrected chi connectivity index (χ1v) is 12.3. The highest BCUT2D eigenvalue weighted by Crippen LogP contribution is 2.35. The van der Waals surface area contributed by atoms with Crippen LogP contribution >= 0.6 is 0 Å². The zero-order valence-corrected chi connectivity index (χ0v) is 20.0. The van der Waals surface area contributed by atoms with E-state index in [4.69, 9.17) is 4.74 Å². The molecule has 10 heteroatoms. The van der Waals surface area contributed by atoms with Crippen molar-refractivity contribution in [2.45, 2.75) is 50.2 Å². The highest BCUT2D eigenvalue weighted by atomic mass is 19.3. The zero-order chi connectivity index (χ0) is 26.2. The average molecular weight is 509 g/mol. The number of hydrogen-bond acceptors (Lipinski definition) is 5. The fraction of sp³-hybridized carbons (Fsp3) is 0.407. The standard InChI is InChI=1S/C27H26F2N4O4/c28-27(29)15-33(26(36)21-7-9-24(34)32-21)11-10-23(27)37-22-8-6-18(12-19(22)14-30)17-2-1-3-20(13-17)31-25(35)16-4-5-16/h1-3,6,8,12-13,16,21,23H,4-5,7,9-11,15H2,(H,31,35)(H,32,34)/t21-,23-/m0/s1. The van der Waals surface area contributed by atoms with Crippen LogP contribution in [0.1, 0.15) is 37.7 Å². The van der Waals surface area contributed by atoms with Crippen molar-refractivity contribution in [3.63, 3.8) is 0 Å². The maximum Gasteiger partial charge on any atom is 0.301 e. The van der Waals surface area contributed by atoms with E-state index in [0.29, 0.717) is 17.7 Å². The minimum absolute atomic E-state index is 0.0136. The Labute approximate surface area is 212 Å². The number of rotatable bonds is 6. The average Bonchev–Trinajstić information content (AvgIpc) is 3.65. The van der Waals surface area contributed by atoms with Gasteiger partial charge in [0.15, 0.2) is 6.10 Å². The van der Waals surface area contributed by atoms with E-state index < -0.39 is 30.5 Å². The first-order valence-electron chi connectivity index (χ1n) is 12.3. The second-order valence-electron chi connectivity index (χ2n) is 9.74. The number of carbonyl (C=O) groups excluding carboxylic acids is 3. The monoisotopic (exact) mass is 508 g/mol. The van der Waals surface area contributed by atoms with Crippen molar-refractivity contribution in [1.29, 1.82) is 5.26 Å². The van der Waals surface area contributed by atoms with E-state index in [1.807, 2.05) is 12.1 Å². The summed E-state index contributed by atoms with van der Waals surface area (Å²) in [5.41, 5.74) is 2.18. The van der Waals surface area contributed by atoms with Gasteiger partial charge in [-0.1, -0.05) is 18.2 Å². The fourth-order valence-electron chi connectivity index (χ4n) is 4.69. The van der Waals surface area contributed by atoms with Crippen LogP contribution in [0, 0.1) is 17.2 Å². The molecule has 1 saturated carbocycles. The van der Waals surface area contributed by atoms with Crippen LogP contribution in [0.25, 0.3) is 11.1 Å². The van der Waals surface area contributed by atoms with Gasteiger partial charge in [0, 0.05) is 31.0 Å². The third-order valence-electron chi connectivity index (χ3n) is 6.92. The van der Waals surface area contributed by atoms with Gasteiger partial charge in [0.05, 0.1) is 12.1 Å². The molecule has 2 aromatic carbocycles. The van der Waals surface area contributed by atoms with E-state index in [-0.39, 0.29) is 48.4 Å². The number of anilines is 1. The Morgan fingerprint density at radius 1 is 1.11 bits per heavy atom. The van der Waals surface area contributed by atoms with E-state index in [1.165, 1.54) is 6.07 Å². The molecular formula is C27H26F2N4O4. The number of nitriles is 1. The predicted octanol–water partition coefficient (Wildman–Crippen LogP) is 3.47. The molecule has 3 amide bonds. The molecule has 37 heavy (non-hydrogen) atoms. The van der Waals surface area contributed by atoms with Crippen molar-refractivity contribution in [2.75, 3.05) is 18.4 Å². The lowest BCUT2D eigenvalue weighted by atomic mass is 10.0. The van der Waals surface area contributed by atoms with Gasteiger partial charge in [-0.3, -0.25) is 14.4 Å². The molecule has 2 aliphatic heterocycles. The number of ether oxygens (including phenoxy) is 1. The third kappa shape index (κ3) is 5.40. The lowest BCUT2D eigenvalue weighted by molar-refractivity contribution is -0.161. The molecule has 2 saturated heterocycles. The summed E-state index contributed by atoms with van der Waals surface area (Å²) >= 11 is 0. The van der Waals surface area contributed by atoms with Gasteiger partial charge in [0.1, 0.15) is 17.9 Å². The minimum Gasteiger partial charge on any atom is -0.483 e. The molecule has 0 radical (unpaired) electrons. The van der Waals surface area contributed by atoms with E-state index in [9.17, 15) is 28.4 Å². The third-order valence-corrected chi connectivity index (χ3v) is 6.92. The van der Waals surface area contributed by atoms with Gasteiger partial charge in [0.2, 0.25) is 17.7 Å². The molecule has 0 bridgehead atoms. The molecule has 2 heterocycles. The topological polar surface area (TPSA) is 112 Å². The van der Waals surface area contributed by atoms with Crippen LogP contribution in [0.2, 0.25) is 0 Å². The molecule has 5 rings (SSSR count). The van der Waals surface area contributed by atoms with Gasteiger partial charge in [-0.2, -0.15) is 5.26 Å². The number of nitrogens with one attached hydrogen (secondary N) is 2.